The maximum absolute atomic E-state index is 5.95. The van der Waals surface area contributed by atoms with Crippen molar-refractivity contribution in [2.45, 2.75) is 24.8 Å². The molecule has 104 valence electrons. The lowest BCUT2D eigenvalue weighted by Gasteiger charge is -2.29. The van der Waals surface area contributed by atoms with E-state index in [2.05, 4.69) is 48.6 Å². The van der Waals surface area contributed by atoms with Crippen LogP contribution >= 0.6 is 23.4 Å². The Kier molecular flexibility index (Phi) is 4.35. The first kappa shape index (κ1) is 14.0. The fourth-order valence-corrected chi connectivity index (χ4v) is 3.91. The van der Waals surface area contributed by atoms with Gasteiger partial charge in [0.05, 0.1) is 0 Å². The zero-order valence-corrected chi connectivity index (χ0v) is 13.0. The standard InChI is InChI=1S/C17H18ClNS/c1-12(13-6-8-15(18)9-7-13)19-17-11-20-10-14-4-2-3-5-16(14)17/h2-9,12,17,19H,10-11H2,1H3/t12-,17?/m1/s1. The molecule has 20 heavy (non-hydrogen) atoms. The highest BCUT2D eigenvalue weighted by atomic mass is 35.5. The number of hydrogen-bond acceptors (Lipinski definition) is 2. The van der Waals surface area contributed by atoms with E-state index in [1.807, 2.05) is 23.9 Å². The van der Waals surface area contributed by atoms with Gasteiger partial charge in [-0.1, -0.05) is 48.0 Å². The van der Waals surface area contributed by atoms with Gasteiger partial charge in [-0.15, -0.1) is 0 Å². The Morgan fingerprint density at radius 3 is 2.70 bits per heavy atom. The summed E-state index contributed by atoms with van der Waals surface area (Å²) in [5, 5.41) is 4.54. The van der Waals surface area contributed by atoms with Crippen molar-refractivity contribution >= 4 is 23.4 Å². The van der Waals surface area contributed by atoms with Crippen LogP contribution in [0, 0.1) is 0 Å². The molecule has 1 heterocycles. The zero-order chi connectivity index (χ0) is 13.9. The SMILES string of the molecule is C[C@@H](NC1CSCc2ccccc21)c1ccc(Cl)cc1. The molecule has 3 rings (SSSR count). The van der Waals surface area contributed by atoms with E-state index in [4.69, 9.17) is 11.6 Å². The highest BCUT2D eigenvalue weighted by Gasteiger charge is 2.21. The van der Waals surface area contributed by atoms with Crippen molar-refractivity contribution in [1.29, 1.82) is 0 Å². The molecule has 3 heteroatoms. The Morgan fingerprint density at radius 1 is 1.15 bits per heavy atom. The lowest BCUT2D eigenvalue weighted by Crippen LogP contribution is -2.29. The van der Waals surface area contributed by atoms with Crippen molar-refractivity contribution in [3.63, 3.8) is 0 Å². The van der Waals surface area contributed by atoms with Gasteiger partial charge in [0.25, 0.3) is 0 Å². The normalized spacial score (nSPS) is 19.4. The molecule has 0 amide bonds. The fraction of sp³-hybridized carbons (Fsp3) is 0.294. The van der Waals surface area contributed by atoms with Gasteiger partial charge < -0.3 is 5.32 Å². The second kappa shape index (κ2) is 6.21. The number of hydrogen-bond donors (Lipinski definition) is 1. The lowest BCUT2D eigenvalue weighted by molar-refractivity contribution is 0.496. The monoisotopic (exact) mass is 303 g/mol. The molecule has 1 aliphatic rings. The molecule has 1 unspecified atom stereocenters. The molecule has 1 N–H and O–H groups in total. The molecule has 2 aromatic carbocycles. The van der Waals surface area contributed by atoms with Gasteiger partial charge in [0, 0.05) is 28.6 Å². The summed E-state index contributed by atoms with van der Waals surface area (Å²) in [6, 6.07) is 17.6. The van der Waals surface area contributed by atoms with Crippen LogP contribution in [-0.2, 0) is 5.75 Å². The minimum Gasteiger partial charge on any atom is -0.303 e. The third-order valence-corrected chi connectivity index (χ3v) is 5.13. The Balaban J connectivity index is 1.77. The van der Waals surface area contributed by atoms with E-state index >= 15 is 0 Å². The van der Waals surface area contributed by atoms with Crippen molar-refractivity contribution in [3.8, 4) is 0 Å². The van der Waals surface area contributed by atoms with Crippen molar-refractivity contribution in [2.24, 2.45) is 0 Å². The molecule has 0 aromatic heterocycles. The molecule has 1 aliphatic heterocycles. The number of benzene rings is 2. The minimum absolute atomic E-state index is 0.323. The molecule has 0 spiro atoms. The Bertz CT molecular complexity index is 582. The van der Waals surface area contributed by atoms with Crippen molar-refractivity contribution in [1.82, 2.24) is 5.32 Å². The highest BCUT2D eigenvalue weighted by molar-refractivity contribution is 7.98. The molecule has 1 nitrogen and oxygen atoms in total. The maximum Gasteiger partial charge on any atom is 0.0419 e. The summed E-state index contributed by atoms with van der Waals surface area (Å²) in [6.45, 7) is 2.21. The average molecular weight is 304 g/mol. The number of nitrogens with one attached hydrogen (secondary N) is 1. The van der Waals surface area contributed by atoms with Crippen molar-refractivity contribution in [3.05, 3.63) is 70.2 Å². The molecule has 0 saturated carbocycles. The van der Waals surface area contributed by atoms with Gasteiger partial charge in [0.2, 0.25) is 0 Å². The number of rotatable bonds is 3. The van der Waals surface area contributed by atoms with Gasteiger partial charge in [-0.3, -0.25) is 0 Å². The van der Waals surface area contributed by atoms with Crippen LogP contribution in [0.5, 0.6) is 0 Å². The molecule has 2 aromatic rings. The molecule has 0 bridgehead atoms. The Hall–Kier alpha value is -0.960. The largest absolute Gasteiger partial charge is 0.303 e. The predicted octanol–water partition coefficient (Wildman–Crippen LogP) is 4.98. The Morgan fingerprint density at radius 2 is 1.90 bits per heavy atom. The summed E-state index contributed by atoms with van der Waals surface area (Å²) in [4.78, 5) is 0. The van der Waals surface area contributed by atoms with Gasteiger partial charge in [-0.25, -0.2) is 0 Å². The third-order valence-electron chi connectivity index (χ3n) is 3.79. The van der Waals surface area contributed by atoms with Crippen molar-refractivity contribution in [2.75, 3.05) is 5.75 Å². The number of halogens is 1. The number of thioether (sulfide) groups is 1. The second-order valence-electron chi connectivity index (χ2n) is 5.21. The summed E-state index contributed by atoms with van der Waals surface area (Å²) in [7, 11) is 0. The van der Waals surface area contributed by atoms with Crippen LogP contribution in [0.1, 0.15) is 35.7 Å². The molecule has 0 aliphatic carbocycles. The summed E-state index contributed by atoms with van der Waals surface area (Å²) in [5.41, 5.74) is 4.19. The van der Waals surface area contributed by atoms with Crippen molar-refractivity contribution < 1.29 is 0 Å². The molecular weight excluding hydrogens is 286 g/mol. The molecule has 2 atom stereocenters. The number of fused-ring (bicyclic) bond motifs is 1. The first-order valence-corrected chi connectivity index (χ1v) is 8.44. The van der Waals surface area contributed by atoms with Crippen LogP contribution < -0.4 is 5.32 Å². The van der Waals surface area contributed by atoms with E-state index in [9.17, 15) is 0 Å². The topological polar surface area (TPSA) is 12.0 Å². The van der Waals surface area contributed by atoms with E-state index in [1.165, 1.54) is 16.7 Å². The summed E-state index contributed by atoms with van der Waals surface area (Å²) in [6.07, 6.45) is 0. The van der Waals surface area contributed by atoms with Gasteiger partial charge >= 0.3 is 0 Å². The highest BCUT2D eigenvalue weighted by Crippen LogP contribution is 2.33. The molecule has 0 saturated heterocycles. The van der Waals surface area contributed by atoms with Gasteiger partial charge in [0.15, 0.2) is 0 Å². The maximum atomic E-state index is 5.95. The van der Waals surface area contributed by atoms with Crippen LogP contribution in [0.2, 0.25) is 5.02 Å². The van der Waals surface area contributed by atoms with Crippen LogP contribution in [0.4, 0.5) is 0 Å². The van der Waals surface area contributed by atoms with Crippen LogP contribution in [0.3, 0.4) is 0 Å². The molecular formula is C17H18ClNS. The van der Waals surface area contributed by atoms with E-state index < -0.39 is 0 Å². The average Bonchev–Trinajstić information content (AvgIpc) is 2.48. The van der Waals surface area contributed by atoms with E-state index in [1.54, 1.807) is 0 Å². The van der Waals surface area contributed by atoms with Crippen LogP contribution in [0.25, 0.3) is 0 Å². The molecule has 0 fully saturated rings. The third kappa shape index (κ3) is 3.03. The van der Waals surface area contributed by atoms with E-state index in [0.717, 1.165) is 16.5 Å². The van der Waals surface area contributed by atoms with Gasteiger partial charge in [0.1, 0.15) is 0 Å². The summed E-state index contributed by atoms with van der Waals surface area (Å²) >= 11 is 7.95. The smallest absolute Gasteiger partial charge is 0.0419 e. The lowest BCUT2D eigenvalue weighted by atomic mass is 10.00. The second-order valence-corrected chi connectivity index (χ2v) is 6.67. The van der Waals surface area contributed by atoms with Gasteiger partial charge in [-0.05, 0) is 35.7 Å². The Labute approximate surface area is 129 Å². The quantitative estimate of drug-likeness (QED) is 0.858. The first-order chi connectivity index (χ1) is 9.74. The minimum atomic E-state index is 0.323. The summed E-state index contributed by atoms with van der Waals surface area (Å²) < 4.78 is 0. The molecule has 0 radical (unpaired) electrons. The van der Waals surface area contributed by atoms with Crippen LogP contribution in [0.15, 0.2) is 48.5 Å². The van der Waals surface area contributed by atoms with E-state index in [-0.39, 0.29) is 0 Å². The fourth-order valence-electron chi connectivity index (χ4n) is 2.67. The zero-order valence-electron chi connectivity index (χ0n) is 11.5. The van der Waals surface area contributed by atoms with Gasteiger partial charge in [-0.2, -0.15) is 11.8 Å². The van der Waals surface area contributed by atoms with E-state index in [0.29, 0.717) is 12.1 Å². The first-order valence-electron chi connectivity index (χ1n) is 6.91. The summed E-state index contributed by atoms with van der Waals surface area (Å²) in [5.74, 6) is 2.26. The predicted molar refractivity (Wildman–Crippen MR) is 88.3 cm³/mol. The van der Waals surface area contributed by atoms with Crippen LogP contribution in [-0.4, -0.2) is 5.75 Å².